The molecule has 6 rings (SSSR count). The molecule has 5 atom stereocenters. The first-order valence-corrected chi connectivity index (χ1v) is 18.1. The Bertz CT molecular complexity index is 1780. The Balaban J connectivity index is 1.15. The molecule has 2 aromatic carbocycles. The van der Waals surface area contributed by atoms with E-state index < -0.39 is 48.8 Å². The Hall–Kier alpha value is -4.34. The Morgan fingerprint density at radius 1 is 1.02 bits per heavy atom. The number of nitrogens with one attached hydrogen (secondary N) is 2. The van der Waals surface area contributed by atoms with Crippen molar-refractivity contribution >= 4 is 23.2 Å². The van der Waals surface area contributed by atoms with E-state index in [1.165, 1.54) is 0 Å². The number of thiophene rings is 1. The highest BCUT2D eigenvalue weighted by Crippen LogP contribution is 2.33. The third-order valence-corrected chi connectivity index (χ3v) is 10.3. The van der Waals surface area contributed by atoms with Crippen LogP contribution >= 0.6 is 11.3 Å². The lowest BCUT2D eigenvalue weighted by Gasteiger charge is -2.41. The molecule has 10 nitrogen and oxygen atoms in total. The van der Waals surface area contributed by atoms with Crippen LogP contribution in [0.5, 0.6) is 5.75 Å². The molecule has 0 spiro atoms. The Morgan fingerprint density at radius 2 is 1.81 bits per heavy atom. The third-order valence-electron chi connectivity index (χ3n) is 9.39. The van der Waals surface area contributed by atoms with Gasteiger partial charge in [-0.1, -0.05) is 54.6 Å². The molecule has 276 valence electrons. The van der Waals surface area contributed by atoms with E-state index in [0.717, 1.165) is 21.6 Å². The number of para-hydroxylation sites is 1. The van der Waals surface area contributed by atoms with Crippen LogP contribution in [-0.4, -0.2) is 101 Å². The van der Waals surface area contributed by atoms with E-state index >= 15 is 0 Å². The number of alkyl halides is 3. The van der Waals surface area contributed by atoms with Gasteiger partial charge in [0.2, 0.25) is 11.8 Å². The molecule has 1 saturated heterocycles. The van der Waals surface area contributed by atoms with Gasteiger partial charge in [0.05, 0.1) is 12.1 Å². The van der Waals surface area contributed by atoms with Gasteiger partial charge in [0.25, 0.3) is 0 Å². The second kappa shape index (κ2) is 17.0. The van der Waals surface area contributed by atoms with Gasteiger partial charge in [0, 0.05) is 67.0 Å². The number of β-amino-alcohol motifs (C(OH)–C–C–N with tert-alkyl or cyclic N) is 1. The van der Waals surface area contributed by atoms with Gasteiger partial charge in [-0.25, -0.2) is 0 Å². The van der Waals surface area contributed by atoms with Gasteiger partial charge >= 0.3 is 6.18 Å². The first kappa shape index (κ1) is 37.4. The van der Waals surface area contributed by atoms with Gasteiger partial charge in [-0.05, 0) is 47.5 Å². The Morgan fingerprint density at radius 3 is 2.58 bits per heavy atom. The van der Waals surface area contributed by atoms with Crippen LogP contribution in [0.4, 0.5) is 13.2 Å². The number of amides is 2. The van der Waals surface area contributed by atoms with E-state index in [2.05, 4.69) is 10.3 Å². The summed E-state index contributed by atoms with van der Waals surface area (Å²) in [7, 11) is 0. The van der Waals surface area contributed by atoms with Crippen LogP contribution in [0.25, 0.3) is 10.4 Å². The van der Waals surface area contributed by atoms with Crippen LogP contribution in [0, 0.1) is 5.92 Å². The van der Waals surface area contributed by atoms with Gasteiger partial charge < -0.3 is 25.6 Å². The maximum Gasteiger partial charge on any atom is 0.405 e. The molecule has 0 saturated carbocycles. The normalized spacial score (nSPS) is 20.7. The van der Waals surface area contributed by atoms with Gasteiger partial charge in [-0.15, -0.1) is 11.3 Å². The molecule has 14 heteroatoms. The zero-order valence-electron chi connectivity index (χ0n) is 28.4. The molecule has 4 N–H and O–H groups in total. The lowest BCUT2D eigenvalue weighted by atomic mass is 9.90. The van der Waals surface area contributed by atoms with E-state index in [1.807, 2.05) is 70.2 Å². The van der Waals surface area contributed by atoms with Crippen molar-refractivity contribution in [3.05, 3.63) is 107 Å². The summed E-state index contributed by atoms with van der Waals surface area (Å²) in [4.78, 5) is 36.3. The number of pyridine rings is 1. The van der Waals surface area contributed by atoms with E-state index in [0.29, 0.717) is 37.4 Å². The Kier molecular flexibility index (Phi) is 12.2. The third kappa shape index (κ3) is 9.95. The first-order valence-electron chi connectivity index (χ1n) is 17.2. The van der Waals surface area contributed by atoms with Gasteiger partial charge in [0.1, 0.15) is 31.0 Å². The number of aliphatic hydroxyl groups is 2. The van der Waals surface area contributed by atoms with Crippen molar-refractivity contribution < 1.29 is 37.7 Å². The maximum absolute atomic E-state index is 13.9. The molecule has 2 aliphatic heterocycles. The summed E-state index contributed by atoms with van der Waals surface area (Å²) < 4.78 is 45.0. The van der Waals surface area contributed by atoms with Crippen LogP contribution in [0.15, 0.2) is 90.6 Å². The molecule has 0 aliphatic carbocycles. The SMILES string of the molecule is O=C(N[C@H]1c2ccccc2OC[C@H]1O)C(Cc1ccccc1)CC(O)CN1CCN(Cc2cncc(-c3cccs3)c2)CC1C(=O)NCC(F)(F)F. The highest BCUT2D eigenvalue weighted by molar-refractivity contribution is 7.13. The molecular formula is C38H42F3N5O5S. The number of ether oxygens (including phenoxy) is 1. The monoisotopic (exact) mass is 737 g/mol. The minimum absolute atomic E-state index is 0.00822. The fourth-order valence-corrected chi connectivity index (χ4v) is 7.56. The van der Waals surface area contributed by atoms with Crippen molar-refractivity contribution in [2.75, 3.05) is 39.3 Å². The maximum atomic E-state index is 13.9. The molecule has 2 aliphatic rings. The van der Waals surface area contributed by atoms with Crippen molar-refractivity contribution in [3.63, 3.8) is 0 Å². The number of aromatic nitrogens is 1. The number of halogens is 3. The highest BCUT2D eigenvalue weighted by atomic mass is 32.1. The summed E-state index contributed by atoms with van der Waals surface area (Å²) >= 11 is 1.59. The number of piperazine rings is 1. The van der Waals surface area contributed by atoms with Crippen molar-refractivity contribution in [3.8, 4) is 16.2 Å². The quantitative estimate of drug-likeness (QED) is 0.161. The standard InChI is InChI=1S/C38H42F3N5O5S/c39-38(40,41)24-43-37(50)31-22-45(20-26-16-28(19-42-18-26)34-11-6-14-52-34)12-13-46(31)21-29(47)17-27(15-25-7-2-1-3-8-25)36(49)44-35-30-9-4-5-10-33(30)51-23-32(35)48/h1-11,14,16,18-19,27,29,31-32,35,47-48H,12-13,15,17,20-24H2,(H,43,50)(H,44,49)/t27?,29?,31?,32-,35+/m1/s1. The van der Waals surface area contributed by atoms with Gasteiger partial charge in [0.15, 0.2) is 0 Å². The molecule has 3 unspecified atom stereocenters. The molecule has 0 radical (unpaired) electrons. The Labute approximate surface area is 304 Å². The molecular weight excluding hydrogens is 696 g/mol. The number of nitrogens with zero attached hydrogens (tertiary/aromatic N) is 3. The largest absolute Gasteiger partial charge is 0.490 e. The highest BCUT2D eigenvalue weighted by Gasteiger charge is 2.37. The van der Waals surface area contributed by atoms with Gasteiger partial charge in [-0.2, -0.15) is 13.2 Å². The predicted octanol–water partition coefficient (Wildman–Crippen LogP) is 4.20. The van der Waals surface area contributed by atoms with Crippen molar-refractivity contribution in [1.82, 2.24) is 25.4 Å². The van der Waals surface area contributed by atoms with Crippen LogP contribution in [0.1, 0.15) is 29.2 Å². The second-order valence-corrected chi connectivity index (χ2v) is 14.3. The number of hydrogen-bond donors (Lipinski definition) is 4. The molecule has 1 fully saturated rings. The second-order valence-electron chi connectivity index (χ2n) is 13.3. The minimum atomic E-state index is -4.58. The lowest BCUT2D eigenvalue weighted by Crippen LogP contribution is -2.60. The van der Waals surface area contributed by atoms with E-state index in [-0.39, 0.29) is 32.0 Å². The number of benzene rings is 2. The average molecular weight is 738 g/mol. The molecule has 52 heavy (non-hydrogen) atoms. The fraction of sp³-hybridized carbons (Fsp3) is 0.395. The number of carbonyl (C=O) groups is 2. The summed E-state index contributed by atoms with van der Waals surface area (Å²) in [6.45, 7) is -0.121. The van der Waals surface area contributed by atoms with Crippen molar-refractivity contribution in [2.24, 2.45) is 5.92 Å². The lowest BCUT2D eigenvalue weighted by molar-refractivity contribution is -0.143. The number of aliphatic hydroxyl groups excluding tert-OH is 2. The van der Waals surface area contributed by atoms with Crippen molar-refractivity contribution in [2.45, 2.75) is 49.9 Å². The van der Waals surface area contributed by atoms with Gasteiger partial charge in [-0.3, -0.25) is 24.4 Å². The number of carbonyl (C=O) groups excluding carboxylic acids is 2. The molecule has 2 aromatic heterocycles. The number of fused-ring (bicyclic) bond motifs is 1. The number of rotatable bonds is 13. The fourth-order valence-electron chi connectivity index (χ4n) is 6.85. The van der Waals surface area contributed by atoms with Crippen LogP contribution in [0.3, 0.4) is 0 Å². The van der Waals surface area contributed by atoms with E-state index in [9.17, 15) is 33.0 Å². The summed E-state index contributed by atoms with van der Waals surface area (Å²) in [6.07, 6.45) is -2.84. The molecule has 4 heterocycles. The first-order chi connectivity index (χ1) is 25.0. The summed E-state index contributed by atoms with van der Waals surface area (Å²) in [5.74, 6) is -1.31. The van der Waals surface area contributed by atoms with E-state index in [1.54, 1.807) is 46.8 Å². The average Bonchev–Trinajstić information content (AvgIpc) is 3.68. The van der Waals surface area contributed by atoms with E-state index in [4.69, 9.17) is 4.74 Å². The zero-order chi connectivity index (χ0) is 36.7. The summed E-state index contributed by atoms with van der Waals surface area (Å²) in [5.41, 5.74) is 3.38. The number of hydrogen-bond acceptors (Lipinski definition) is 9. The van der Waals surface area contributed by atoms with Crippen molar-refractivity contribution in [1.29, 1.82) is 0 Å². The molecule has 4 aromatic rings. The topological polar surface area (TPSA) is 127 Å². The smallest absolute Gasteiger partial charge is 0.405 e. The summed E-state index contributed by atoms with van der Waals surface area (Å²) in [6, 6.07) is 20.8. The molecule has 0 bridgehead atoms. The van der Waals surface area contributed by atoms with Crippen LogP contribution in [-0.2, 0) is 22.6 Å². The predicted molar refractivity (Wildman–Crippen MR) is 190 cm³/mol. The zero-order valence-corrected chi connectivity index (χ0v) is 29.2. The molecule has 2 amide bonds. The van der Waals surface area contributed by atoms with Crippen LogP contribution < -0.4 is 15.4 Å². The van der Waals surface area contributed by atoms with Crippen LogP contribution in [0.2, 0.25) is 0 Å². The minimum Gasteiger partial charge on any atom is -0.490 e. The summed E-state index contributed by atoms with van der Waals surface area (Å²) in [5, 5.41) is 29.2.